The molecule has 0 atom stereocenters. The van der Waals surface area contributed by atoms with Crippen molar-refractivity contribution in [2.24, 2.45) is 0 Å². The minimum atomic E-state index is -0.181. The number of rotatable bonds is 2. The fourth-order valence-corrected chi connectivity index (χ4v) is 5.08. The third kappa shape index (κ3) is 2.35. The highest BCUT2D eigenvalue weighted by molar-refractivity contribution is 9.10. The van der Waals surface area contributed by atoms with E-state index in [0.29, 0.717) is 0 Å². The van der Waals surface area contributed by atoms with Crippen LogP contribution in [0.2, 0.25) is 0 Å². The van der Waals surface area contributed by atoms with E-state index >= 15 is 0 Å². The van der Waals surface area contributed by atoms with E-state index in [1.807, 2.05) is 0 Å². The Morgan fingerprint density at radius 3 is 1.26 bits per heavy atom. The third-order valence-electron chi connectivity index (χ3n) is 5.85. The standard InChI is InChI=1S/C26H19Br/c1-26(22-14-6-2-10-18(22)19-11-3-7-15-23(19)26)24-16-8-4-12-20(24)21-13-5-9-17-25(21)27/h2-17H,1H3. The highest BCUT2D eigenvalue weighted by Crippen LogP contribution is 2.54. The Hall–Kier alpha value is -2.64. The van der Waals surface area contributed by atoms with E-state index in [2.05, 4.69) is 120 Å². The van der Waals surface area contributed by atoms with E-state index < -0.39 is 0 Å². The van der Waals surface area contributed by atoms with E-state index in [-0.39, 0.29) is 5.41 Å². The highest BCUT2D eigenvalue weighted by Gasteiger charge is 2.41. The summed E-state index contributed by atoms with van der Waals surface area (Å²) in [4.78, 5) is 0. The van der Waals surface area contributed by atoms with Gasteiger partial charge in [0.2, 0.25) is 0 Å². The maximum absolute atomic E-state index is 3.76. The second-order valence-corrected chi connectivity index (χ2v) is 8.10. The number of halogens is 1. The molecule has 0 N–H and O–H groups in total. The van der Waals surface area contributed by atoms with Crippen LogP contribution >= 0.6 is 15.9 Å². The van der Waals surface area contributed by atoms with Crippen LogP contribution in [0.3, 0.4) is 0 Å². The molecule has 0 aromatic heterocycles. The van der Waals surface area contributed by atoms with Gasteiger partial charge < -0.3 is 0 Å². The van der Waals surface area contributed by atoms with Gasteiger partial charge in [-0.2, -0.15) is 0 Å². The zero-order chi connectivity index (χ0) is 18.4. The van der Waals surface area contributed by atoms with Crippen LogP contribution in [0.5, 0.6) is 0 Å². The van der Waals surface area contributed by atoms with Gasteiger partial charge in [-0.15, -0.1) is 0 Å². The Balaban J connectivity index is 1.86. The van der Waals surface area contributed by atoms with Gasteiger partial charge in [0, 0.05) is 9.89 Å². The molecule has 4 aromatic rings. The lowest BCUT2D eigenvalue weighted by molar-refractivity contribution is 0.716. The van der Waals surface area contributed by atoms with E-state index in [1.165, 1.54) is 38.9 Å². The zero-order valence-electron chi connectivity index (χ0n) is 15.1. The molecule has 1 aliphatic rings. The van der Waals surface area contributed by atoms with Crippen LogP contribution in [0.1, 0.15) is 23.6 Å². The van der Waals surface area contributed by atoms with Gasteiger partial charge in [0.1, 0.15) is 0 Å². The van der Waals surface area contributed by atoms with E-state index in [0.717, 1.165) is 4.47 Å². The molecule has 0 saturated heterocycles. The predicted molar refractivity (Wildman–Crippen MR) is 117 cm³/mol. The summed E-state index contributed by atoms with van der Waals surface area (Å²) in [7, 11) is 0. The Morgan fingerprint density at radius 1 is 0.481 bits per heavy atom. The summed E-state index contributed by atoms with van der Waals surface area (Å²) in [5.74, 6) is 0. The minimum Gasteiger partial charge on any atom is -0.0619 e. The first-order chi connectivity index (χ1) is 13.2. The minimum absolute atomic E-state index is 0.181. The van der Waals surface area contributed by atoms with Gasteiger partial charge in [-0.25, -0.2) is 0 Å². The Morgan fingerprint density at radius 2 is 0.815 bits per heavy atom. The summed E-state index contributed by atoms with van der Waals surface area (Å²) >= 11 is 3.76. The van der Waals surface area contributed by atoms with Crippen molar-refractivity contribution in [3.63, 3.8) is 0 Å². The van der Waals surface area contributed by atoms with E-state index in [4.69, 9.17) is 0 Å². The molecule has 0 saturated carbocycles. The fraction of sp³-hybridized carbons (Fsp3) is 0.0769. The van der Waals surface area contributed by atoms with Gasteiger partial charge in [0.15, 0.2) is 0 Å². The average molecular weight is 411 g/mol. The summed E-state index contributed by atoms with van der Waals surface area (Å²) in [6.45, 7) is 2.37. The Kier molecular flexibility index (Phi) is 3.80. The molecule has 0 fully saturated rings. The molecule has 1 heteroatoms. The van der Waals surface area contributed by atoms with Gasteiger partial charge in [0.25, 0.3) is 0 Å². The Labute approximate surface area is 168 Å². The average Bonchev–Trinajstić information content (AvgIpc) is 2.99. The molecule has 130 valence electrons. The quantitative estimate of drug-likeness (QED) is 0.321. The normalized spacial score (nSPS) is 13.9. The molecule has 0 aliphatic heterocycles. The lowest BCUT2D eigenvalue weighted by Crippen LogP contribution is -2.23. The summed E-state index contributed by atoms with van der Waals surface area (Å²) in [5, 5.41) is 0. The van der Waals surface area contributed by atoms with E-state index in [9.17, 15) is 0 Å². The van der Waals surface area contributed by atoms with E-state index in [1.54, 1.807) is 0 Å². The molecule has 4 aromatic carbocycles. The maximum atomic E-state index is 3.76. The molecular weight excluding hydrogens is 392 g/mol. The first-order valence-corrected chi connectivity index (χ1v) is 10.0. The molecule has 0 heterocycles. The smallest absolute Gasteiger partial charge is 0.0441 e. The van der Waals surface area contributed by atoms with Crippen LogP contribution < -0.4 is 0 Å². The van der Waals surface area contributed by atoms with Crippen molar-refractivity contribution in [3.05, 3.63) is 118 Å². The summed E-state index contributed by atoms with van der Waals surface area (Å²) < 4.78 is 1.13. The second-order valence-electron chi connectivity index (χ2n) is 7.24. The summed E-state index contributed by atoms with van der Waals surface area (Å²) in [5.41, 5.74) is 9.12. The lowest BCUT2D eigenvalue weighted by atomic mass is 9.72. The first-order valence-electron chi connectivity index (χ1n) is 9.25. The number of hydrogen-bond donors (Lipinski definition) is 0. The van der Waals surface area contributed by atoms with Gasteiger partial charge in [-0.3, -0.25) is 0 Å². The van der Waals surface area contributed by atoms with Crippen molar-refractivity contribution in [1.82, 2.24) is 0 Å². The van der Waals surface area contributed by atoms with Gasteiger partial charge in [0.05, 0.1) is 0 Å². The van der Waals surface area contributed by atoms with Crippen LogP contribution in [-0.2, 0) is 5.41 Å². The molecule has 0 nitrogen and oxygen atoms in total. The van der Waals surface area contributed by atoms with Crippen molar-refractivity contribution in [2.75, 3.05) is 0 Å². The zero-order valence-corrected chi connectivity index (χ0v) is 16.7. The molecule has 0 radical (unpaired) electrons. The van der Waals surface area contributed by atoms with Gasteiger partial charge >= 0.3 is 0 Å². The summed E-state index contributed by atoms with van der Waals surface area (Å²) in [6, 6.07) is 35.0. The van der Waals surface area contributed by atoms with Gasteiger partial charge in [-0.1, -0.05) is 107 Å². The molecule has 1 aliphatic carbocycles. The van der Waals surface area contributed by atoms with Crippen LogP contribution in [0, 0.1) is 0 Å². The predicted octanol–water partition coefficient (Wildman–Crippen LogP) is 7.45. The number of benzene rings is 4. The molecule has 0 spiro atoms. The topological polar surface area (TPSA) is 0 Å². The van der Waals surface area contributed by atoms with Crippen LogP contribution in [0.4, 0.5) is 0 Å². The lowest BCUT2D eigenvalue weighted by Gasteiger charge is -2.31. The van der Waals surface area contributed by atoms with Crippen molar-refractivity contribution < 1.29 is 0 Å². The molecule has 0 amide bonds. The molecule has 5 rings (SSSR count). The fourth-order valence-electron chi connectivity index (χ4n) is 4.58. The van der Waals surface area contributed by atoms with Crippen molar-refractivity contribution in [2.45, 2.75) is 12.3 Å². The third-order valence-corrected chi connectivity index (χ3v) is 6.54. The second kappa shape index (κ2) is 6.21. The molecule has 0 bridgehead atoms. The largest absolute Gasteiger partial charge is 0.0619 e. The molecular formula is C26H19Br. The first kappa shape index (κ1) is 16.5. The van der Waals surface area contributed by atoms with Crippen LogP contribution in [0.15, 0.2) is 102 Å². The highest BCUT2D eigenvalue weighted by atomic mass is 79.9. The monoisotopic (exact) mass is 410 g/mol. The van der Waals surface area contributed by atoms with Crippen LogP contribution in [0.25, 0.3) is 22.3 Å². The van der Waals surface area contributed by atoms with Gasteiger partial charge in [-0.05, 0) is 51.9 Å². The number of fused-ring (bicyclic) bond motifs is 3. The van der Waals surface area contributed by atoms with Crippen molar-refractivity contribution in [1.29, 1.82) is 0 Å². The molecule has 0 unspecified atom stereocenters. The SMILES string of the molecule is CC1(c2ccccc2-c2ccccc2Br)c2ccccc2-c2ccccc21. The molecule has 27 heavy (non-hydrogen) atoms. The van der Waals surface area contributed by atoms with Crippen molar-refractivity contribution >= 4 is 15.9 Å². The Bertz CT molecular complexity index is 1110. The van der Waals surface area contributed by atoms with Crippen LogP contribution in [-0.4, -0.2) is 0 Å². The number of hydrogen-bond acceptors (Lipinski definition) is 0. The summed E-state index contributed by atoms with van der Waals surface area (Å²) in [6.07, 6.45) is 0. The van der Waals surface area contributed by atoms with Crippen molar-refractivity contribution in [3.8, 4) is 22.3 Å². The maximum Gasteiger partial charge on any atom is 0.0441 e.